The van der Waals surface area contributed by atoms with E-state index in [-0.39, 0.29) is 11.7 Å². The van der Waals surface area contributed by atoms with E-state index in [4.69, 9.17) is 0 Å². The SMILES string of the molecule is Cc1nccn1-c1ccc(NC(=O)CSc2nncs2)cn1. The number of hydrogen-bond donors (Lipinski definition) is 1. The first-order valence-corrected chi connectivity index (χ1v) is 8.24. The summed E-state index contributed by atoms with van der Waals surface area (Å²) in [5.41, 5.74) is 2.30. The molecule has 3 rings (SSSR count). The second-order valence-electron chi connectivity index (χ2n) is 4.29. The molecule has 0 aliphatic rings. The monoisotopic (exact) mass is 332 g/mol. The molecule has 3 aromatic heterocycles. The van der Waals surface area contributed by atoms with Crippen LogP contribution < -0.4 is 5.32 Å². The standard InChI is InChI=1S/C13H12N6OS2/c1-9-14-4-5-19(9)11-3-2-10(6-15-11)17-12(20)7-21-13-18-16-8-22-13/h2-6,8H,7H2,1H3,(H,17,20). The Morgan fingerprint density at radius 2 is 2.32 bits per heavy atom. The number of hydrogen-bond acceptors (Lipinski definition) is 7. The minimum Gasteiger partial charge on any atom is -0.324 e. The highest BCUT2D eigenvalue weighted by molar-refractivity contribution is 8.01. The van der Waals surface area contributed by atoms with E-state index in [1.807, 2.05) is 29.8 Å². The van der Waals surface area contributed by atoms with Gasteiger partial charge in [0.05, 0.1) is 17.6 Å². The van der Waals surface area contributed by atoms with Crippen LogP contribution in [0.25, 0.3) is 5.82 Å². The van der Waals surface area contributed by atoms with Gasteiger partial charge in [-0.15, -0.1) is 10.2 Å². The number of carbonyl (C=O) groups is 1. The molecule has 0 aliphatic heterocycles. The lowest BCUT2D eigenvalue weighted by atomic mass is 10.4. The molecule has 0 unspecified atom stereocenters. The number of thioether (sulfide) groups is 1. The molecule has 0 aromatic carbocycles. The fourth-order valence-corrected chi connectivity index (χ4v) is 3.06. The van der Waals surface area contributed by atoms with Crippen molar-refractivity contribution in [2.24, 2.45) is 0 Å². The molecular formula is C13H12N6OS2. The number of anilines is 1. The lowest BCUT2D eigenvalue weighted by Gasteiger charge is -2.07. The summed E-state index contributed by atoms with van der Waals surface area (Å²) in [6.45, 7) is 1.90. The fraction of sp³-hybridized carbons (Fsp3) is 0.154. The summed E-state index contributed by atoms with van der Waals surface area (Å²) < 4.78 is 2.65. The second-order valence-corrected chi connectivity index (χ2v) is 6.35. The zero-order valence-electron chi connectivity index (χ0n) is 11.6. The highest BCUT2D eigenvalue weighted by Crippen LogP contribution is 2.19. The minimum atomic E-state index is -0.103. The van der Waals surface area contributed by atoms with E-state index in [1.54, 1.807) is 17.9 Å². The minimum absolute atomic E-state index is 0.103. The zero-order chi connectivity index (χ0) is 15.4. The molecule has 3 aromatic rings. The Morgan fingerprint density at radius 1 is 1.41 bits per heavy atom. The van der Waals surface area contributed by atoms with Crippen molar-refractivity contribution in [3.63, 3.8) is 0 Å². The molecule has 3 heterocycles. The molecule has 1 amide bonds. The van der Waals surface area contributed by atoms with Crippen molar-refractivity contribution >= 4 is 34.7 Å². The van der Waals surface area contributed by atoms with E-state index < -0.39 is 0 Å². The van der Waals surface area contributed by atoms with Crippen molar-refractivity contribution in [1.29, 1.82) is 0 Å². The summed E-state index contributed by atoms with van der Waals surface area (Å²) in [4.78, 5) is 20.3. The maximum Gasteiger partial charge on any atom is 0.234 e. The van der Waals surface area contributed by atoms with Crippen LogP contribution in [0.15, 0.2) is 40.6 Å². The van der Waals surface area contributed by atoms with Crippen LogP contribution in [0.5, 0.6) is 0 Å². The third kappa shape index (κ3) is 3.49. The first kappa shape index (κ1) is 14.7. The Bertz CT molecular complexity index is 753. The van der Waals surface area contributed by atoms with Gasteiger partial charge >= 0.3 is 0 Å². The van der Waals surface area contributed by atoms with Gasteiger partial charge < -0.3 is 5.32 Å². The number of aryl methyl sites for hydroxylation is 1. The first-order valence-electron chi connectivity index (χ1n) is 6.37. The number of carbonyl (C=O) groups excluding carboxylic acids is 1. The molecule has 0 atom stereocenters. The van der Waals surface area contributed by atoms with Gasteiger partial charge in [0.25, 0.3) is 0 Å². The molecule has 112 valence electrons. The topological polar surface area (TPSA) is 85.6 Å². The molecule has 9 heteroatoms. The number of nitrogens with zero attached hydrogens (tertiary/aromatic N) is 5. The highest BCUT2D eigenvalue weighted by Gasteiger charge is 2.07. The normalized spacial score (nSPS) is 10.6. The maximum atomic E-state index is 11.9. The molecule has 22 heavy (non-hydrogen) atoms. The van der Waals surface area contributed by atoms with Crippen LogP contribution in [-0.2, 0) is 4.79 Å². The second kappa shape index (κ2) is 6.67. The van der Waals surface area contributed by atoms with Gasteiger partial charge in [-0.1, -0.05) is 23.1 Å². The predicted octanol–water partition coefficient (Wildman–Crippen LogP) is 2.16. The van der Waals surface area contributed by atoms with Gasteiger partial charge in [0.15, 0.2) is 4.34 Å². The van der Waals surface area contributed by atoms with Gasteiger partial charge in [-0.05, 0) is 19.1 Å². The molecular weight excluding hydrogens is 320 g/mol. The Morgan fingerprint density at radius 3 is 2.95 bits per heavy atom. The highest BCUT2D eigenvalue weighted by atomic mass is 32.2. The Balaban J connectivity index is 1.59. The van der Waals surface area contributed by atoms with Crippen LogP contribution in [0.1, 0.15) is 5.82 Å². The van der Waals surface area contributed by atoms with E-state index in [0.29, 0.717) is 5.69 Å². The van der Waals surface area contributed by atoms with E-state index in [9.17, 15) is 4.79 Å². The van der Waals surface area contributed by atoms with Crippen molar-refractivity contribution in [2.75, 3.05) is 11.1 Å². The van der Waals surface area contributed by atoms with Gasteiger partial charge in [0.1, 0.15) is 17.2 Å². The van der Waals surface area contributed by atoms with Crippen molar-refractivity contribution in [3.8, 4) is 5.82 Å². The Kier molecular flexibility index (Phi) is 4.45. The van der Waals surface area contributed by atoms with E-state index in [1.165, 1.54) is 23.1 Å². The van der Waals surface area contributed by atoms with E-state index >= 15 is 0 Å². The summed E-state index contributed by atoms with van der Waals surface area (Å²) in [6, 6.07) is 3.65. The van der Waals surface area contributed by atoms with Crippen molar-refractivity contribution in [1.82, 2.24) is 24.7 Å². The first-order chi connectivity index (χ1) is 10.7. The van der Waals surface area contributed by atoms with Crippen LogP contribution in [0, 0.1) is 6.92 Å². The van der Waals surface area contributed by atoms with Crippen molar-refractivity contribution < 1.29 is 4.79 Å². The van der Waals surface area contributed by atoms with Gasteiger partial charge in [0.2, 0.25) is 5.91 Å². The summed E-state index contributed by atoms with van der Waals surface area (Å²) in [5.74, 6) is 1.81. The van der Waals surface area contributed by atoms with Gasteiger partial charge in [-0.25, -0.2) is 9.97 Å². The molecule has 7 nitrogen and oxygen atoms in total. The quantitative estimate of drug-likeness (QED) is 0.721. The van der Waals surface area contributed by atoms with E-state index in [0.717, 1.165) is 16.0 Å². The average molecular weight is 332 g/mol. The molecule has 0 radical (unpaired) electrons. The molecule has 0 spiro atoms. The van der Waals surface area contributed by atoms with Gasteiger partial charge in [-0.2, -0.15) is 0 Å². The molecule has 1 N–H and O–H groups in total. The Hall–Kier alpha value is -2.26. The predicted molar refractivity (Wildman–Crippen MR) is 85.4 cm³/mol. The van der Waals surface area contributed by atoms with Crippen LogP contribution in [0.3, 0.4) is 0 Å². The third-order valence-electron chi connectivity index (χ3n) is 2.77. The van der Waals surface area contributed by atoms with Crippen LogP contribution in [-0.4, -0.2) is 36.4 Å². The summed E-state index contributed by atoms with van der Waals surface area (Å²) in [7, 11) is 0. The Labute approximate surface area is 134 Å². The van der Waals surface area contributed by atoms with Crippen molar-refractivity contribution in [2.45, 2.75) is 11.3 Å². The number of imidazole rings is 1. The zero-order valence-corrected chi connectivity index (χ0v) is 13.3. The van der Waals surface area contributed by atoms with Crippen LogP contribution in [0.4, 0.5) is 5.69 Å². The van der Waals surface area contributed by atoms with Crippen LogP contribution in [0.2, 0.25) is 0 Å². The molecule has 0 bridgehead atoms. The average Bonchev–Trinajstić information content (AvgIpc) is 3.17. The third-order valence-corrected chi connectivity index (χ3v) is 4.63. The van der Waals surface area contributed by atoms with Crippen molar-refractivity contribution in [3.05, 3.63) is 42.1 Å². The summed E-state index contributed by atoms with van der Waals surface area (Å²) in [5, 5.41) is 10.4. The number of aromatic nitrogens is 5. The number of nitrogens with one attached hydrogen (secondary N) is 1. The fourth-order valence-electron chi connectivity index (χ4n) is 1.77. The lowest BCUT2D eigenvalue weighted by Crippen LogP contribution is -2.14. The number of amides is 1. The number of pyridine rings is 1. The molecule has 0 saturated carbocycles. The lowest BCUT2D eigenvalue weighted by molar-refractivity contribution is -0.113. The van der Waals surface area contributed by atoms with Gasteiger partial charge in [-0.3, -0.25) is 9.36 Å². The summed E-state index contributed by atoms with van der Waals surface area (Å²) in [6.07, 6.45) is 5.19. The van der Waals surface area contributed by atoms with E-state index in [2.05, 4.69) is 25.5 Å². The molecule has 0 fully saturated rings. The maximum absolute atomic E-state index is 11.9. The number of rotatable bonds is 5. The smallest absolute Gasteiger partial charge is 0.234 e. The summed E-state index contributed by atoms with van der Waals surface area (Å²) >= 11 is 2.77. The largest absolute Gasteiger partial charge is 0.324 e. The molecule has 0 aliphatic carbocycles. The van der Waals surface area contributed by atoms with Crippen LogP contribution >= 0.6 is 23.1 Å². The van der Waals surface area contributed by atoms with Gasteiger partial charge in [0, 0.05) is 12.4 Å². The molecule has 0 saturated heterocycles.